The summed E-state index contributed by atoms with van der Waals surface area (Å²) in [4.78, 5) is 15.0. The molecule has 2 fully saturated rings. The first-order valence-corrected chi connectivity index (χ1v) is 8.44. The van der Waals surface area contributed by atoms with Crippen LogP contribution in [0.4, 0.5) is 5.69 Å². The zero-order valence-electron chi connectivity index (χ0n) is 13.2. The smallest absolute Gasteiger partial charge is 0.241 e. The highest BCUT2D eigenvalue weighted by Gasteiger charge is 2.34. The zero-order valence-corrected chi connectivity index (χ0v) is 13.2. The molecular formula is C18H22N4O. The van der Waals surface area contributed by atoms with Crippen LogP contribution in [0.15, 0.2) is 42.7 Å². The van der Waals surface area contributed by atoms with Crippen LogP contribution in [-0.4, -0.2) is 39.7 Å². The minimum absolute atomic E-state index is 0.0314. The van der Waals surface area contributed by atoms with E-state index in [0.717, 1.165) is 43.2 Å². The van der Waals surface area contributed by atoms with E-state index in [0.29, 0.717) is 0 Å². The number of carbonyl (C=O) groups is 1. The normalized spacial score (nSPS) is 21.5. The second-order valence-electron chi connectivity index (χ2n) is 6.59. The van der Waals surface area contributed by atoms with Crippen molar-refractivity contribution in [3.05, 3.63) is 42.7 Å². The summed E-state index contributed by atoms with van der Waals surface area (Å²) < 4.78 is 1.80. The second-order valence-corrected chi connectivity index (χ2v) is 6.59. The molecule has 1 aliphatic carbocycles. The zero-order chi connectivity index (χ0) is 15.6. The Labute approximate surface area is 136 Å². The molecule has 0 bridgehead atoms. The molecule has 2 aliphatic rings. The molecule has 5 nitrogen and oxygen atoms in total. The molecule has 0 radical (unpaired) electrons. The van der Waals surface area contributed by atoms with Crippen molar-refractivity contribution in [2.75, 3.05) is 18.4 Å². The highest BCUT2D eigenvalue weighted by Crippen LogP contribution is 2.32. The number of nitrogens with one attached hydrogen (secondary N) is 1. The molecule has 4 rings (SSSR count). The molecule has 1 N–H and O–H groups in total. The van der Waals surface area contributed by atoms with Gasteiger partial charge in [-0.3, -0.25) is 9.69 Å². The van der Waals surface area contributed by atoms with Crippen LogP contribution in [0, 0.1) is 5.92 Å². The number of rotatable bonds is 5. The fourth-order valence-electron chi connectivity index (χ4n) is 3.35. The summed E-state index contributed by atoms with van der Waals surface area (Å²) in [5, 5.41) is 7.32. The summed E-state index contributed by atoms with van der Waals surface area (Å²) in [6.45, 7) is 2.15. The van der Waals surface area contributed by atoms with Gasteiger partial charge >= 0.3 is 0 Å². The molecule has 0 unspecified atom stereocenters. The van der Waals surface area contributed by atoms with Crippen LogP contribution < -0.4 is 5.32 Å². The first-order valence-electron chi connectivity index (χ1n) is 8.44. The van der Waals surface area contributed by atoms with Gasteiger partial charge in [0.25, 0.3) is 0 Å². The Morgan fingerprint density at radius 3 is 2.96 bits per heavy atom. The first kappa shape index (κ1) is 14.5. The van der Waals surface area contributed by atoms with Crippen molar-refractivity contribution in [2.24, 2.45) is 5.92 Å². The Hall–Kier alpha value is -2.14. The molecule has 1 amide bonds. The lowest BCUT2D eigenvalue weighted by molar-refractivity contribution is -0.120. The number of amides is 1. The molecule has 1 aliphatic heterocycles. The maximum atomic E-state index is 12.6. The van der Waals surface area contributed by atoms with E-state index in [1.807, 2.05) is 36.5 Å². The van der Waals surface area contributed by atoms with Crippen molar-refractivity contribution < 1.29 is 4.79 Å². The third-order valence-corrected chi connectivity index (χ3v) is 4.74. The Morgan fingerprint density at radius 1 is 1.26 bits per heavy atom. The SMILES string of the molecule is O=C(Nc1cccc(-n2cccn2)c1)[C@@H]1CCCN1CC1CC1. The van der Waals surface area contributed by atoms with Gasteiger partial charge < -0.3 is 5.32 Å². The minimum atomic E-state index is 0.0314. The fourth-order valence-corrected chi connectivity index (χ4v) is 3.35. The van der Waals surface area contributed by atoms with Gasteiger partial charge in [-0.25, -0.2) is 4.68 Å². The topological polar surface area (TPSA) is 50.2 Å². The highest BCUT2D eigenvalue weighted by molar-refractivity contribution is 5.95. The number of likely N-dealkylation sites (tertiary alicyclic amines) is 1. The van der Waals surface area contributed by atoms with E-state index in [1.54, 1.807) is 10.9 Å². The molecule has 5 heteroatoms. The lowest BCUT2D eigenvalue weighted by atomic mass is 10.2. The Balaban J connectivity index is 1.44. The predicted octanol–water partition coefficient (Wildman–Crippen LogP) is 2.69. The summed E-state index contributed by atoms with van der Waals surface area (Å²) >= 11 is 0. The Morgan fingerprint density at radius 2 is 2.17 bits per heavy atom. The van der Waals surface area contributed by atoms with E-state index in [2.05, 4.69) is 15.3 Å². The maximum Gasteiger partial charge on any atom is 0.241 e. The number of anilines is 1. The van der Waals surface area contributed by atoms with E-state index in [4.69, 9.17) is 0 Å². The molecule has 1 aromatic heterocycles. The average molecular weight is 310 g/mol. The van der Waals surface area contributed by atoms with E-state index >= 15 is 0 Å². The third-order valence-electron chi connectivity index (χ3n) is 4.74. The van der Waals surface area contributed by atoms with Crippen molar-refractivity contribution >= 4 is 11.6 Å². The molecule has 2 heterocycles. The average Bonchev–Trinajstić information content (AvgIpc) is 3.04. The van der Waals surface area contributed by atoms with Gasteiger partial charge in [0, 0.05) is 24.6 Å². The Bertz CT molecular complexity index is 678. The van der Waals surface area contributed by atoms with Crippen molar-refractivity contribution in [3.63, 3.8) is 0 Å². The van der Waals surface area contributed by atoms with Crippen molar-refractivity contribution in [1.29, 1.82) is 0 Å². The summed E-state index contributed by atoms with van der Waals surface area (Å²) in [6, 6.07) is 9.75. The van der Waals surface area contributed by atoms with E-state index < -0.39 is 0 Å². The molecule has 1 saturated carbocycles. The summed E-state index contributed by atoms with van der Waals surface area (Å²) in [7, 11) is 0. The van der Waals surface area contributed by atoms with Crippen LogP contribution in [0.3, 0.4) is 0 Å². The van der Waals surface area contributed by atoms with Crippen LogP contribution in [0.2, 0.25) is 0 Å². The highest BCUT2D eigenvalue weighted by atomic mass is 16.2. The maximum absolute atomic E-state index is 12.6. The van der Waals surface area contributed by atoms with Crippen LogP contribution >= 0.6 is 0 Å². The van der Waals surface area contributed by atoms with E-state index in [1.165, 1.54) is 12.8 Å². The third kappa shape index (κ3) is 3.29. The van der Waals surface area contributed by atoms with Gasteiger partial charge in [-0.15, -0.1) is 0 Å². The lowest BCUT2D eigenvalue weighted by Gasteiger charge is -2.23. The second kappa shape index (κ2) is 6.16. The molecule has 1 aromatic carbocycles. The number of hydrogen-bond acceptors (Lipinski definition) is 3. The molecule has 1 saturated heterocycles. The Kier molecular flexibility index (Phi) is 3.87. The largest absolute Gasteiger partial charge is 0.325 e. The van der Waals surface area contributed by atoms with Crippen molar-refractivity contribution in [2.45, 2.75) is 31.7 Å². The van der Waals surface area contributed by atoms with Gasteiger partial charge in [-0.05, 0) is 62.4 Å². The summed E-state index contributed by atoms with van der Waals surface area (Å²) in [5.41, 5.74) is 1.79. The predicted molar refractivity (Wildman–Crippen MR) is 89.5 cm³/mol. The van der Waals surface area contributed by atoms with Gasteiger partial charge in [-0.2, -0.15) is 5.10 Å². The molecule has 120 valence electrons. The minimum Gasteiger partial charge on any atom is -0.325 e. The number of hydrogen-bond donors (Lipinski definition) is 1. The fraction of sp³-hybridized carbons (Fsp3) is 0.444. The van der Waals surface area contributed by atoms with Crippen LogP contribution in [0.25, 0.3) is 5.69 Å². The molecule has 2 aromatic rings. The quantitative estimate of drug-likeness (QED) is 0.924. The molecule has 23 heavy (non-hydrogen) atoms. The van der Waals surface area contributed by atoms with Gasteiger partial charge in [0.1, 0.15) is 0 Å². The van der Waals surface area contributed by atoms with E-state index in [-0.39, 0.29) is 11.9 Å². The van der Waals surface area contributed by atoms with Crippen molar-refractivity contribution in [3.8, 4) is 5.69 Å². The standard InChI is InChI=1S/C18H22N4O/c23-18(17-6-2-10-21(17)13-14-7-8-14)20-15-4-1-5-16(12-15)22-11-3-9-19-22/h1,3-5,9,11-12,14,17H,2,6-8,10,13H2,(H,20,23)/t17-/m0/s1. The summed E-state index contributed by atoms with van der Waals surface area (Å²) in [5.74, 6) is 0.951. The van der Waals surface area contributed by atoms with Crippen molar-refractivity contribution in [1.82, 2.24) is 14.7 Å². The summed E-state index contributed by atoms with van der Waals surface area (Å²) in [6.07, 6.45) is 8.40. The molecule has 0 spiro atoms. The molecular weight excluding hydrogens is 288 g/mol. The van der Waals surface area contributed by atoms with Crippen LogP contribution in [0.1, 0.15) is 25.7 Å². The van der Waals surface area contributed by atoms with Gasteiger partial charge in [0.05, 0.1) is 11.7 Å². The van der Waals surface area contributed by atoms with Crippen LogP contribution in [0.5, 0.6) is 0 Å². The monoisotopic (exact) mass is 310 g/mol. The first-order chi connectivity index (χ1) is 11.3. The number of aromatic nitrogens is 2. The van der Waals surface area contributed by atoms with Gasteiger partial charge in [0.15, 0.2) is 0 Å². The van der Waals surface area contributed by atoms with Crippen LogP contribution in [-0.2, 0) is 4.79 Å². The van der Waals surface area contributed by atoms with Gasteiger partial charge in [0.2, 0.25) is 5.91 Å². The number of nitrogens with zero attached hydrogens (tertiary/aromatic N) is 3. The van der Waals surface area contributed by atoms with Gasteiger partial charge in [-0.1, -0.05) is 6.07 Å². The number of carbonyl (C=O) groups excluding carboxylic acids is 1. The number of benzene rings is 1. The molecule has 1 atom stereocenters. The van der Waals surface area contributed by atoms with E-state index in [9.17, 15) is 4.79 Å². The lowest BCUT2D eigenvalue weighted by Crippen LogP contribution is -2.40.